The van der Waals surface area contributed by atoms with Crippen LogP contribution in [0.25, 0.3) is 11.1 Å². The van der Waals surface area contributed by atoms with E-state index in [1.807, 2.05) is 12.1 Å². The van der Waals surface area contributed by atoms with Crippen molar-refractivity contribution in [1.82, 2.24) is 0 Å². The molecule has 0 N–H and O–H groups in total. The number of hydrogen-bond acceptors (Lipinski definition) is 2. The smallest absolute Gasteiger partial charge is 0.0934 e. The Morgan fingerprint density at radius 2 is 1.44 bits per heavy atom. The van der Waals surface area contributed by atoms with Crippen molar-refractivity contribution in [2.75, 3.05) is 11.4 Å². The summed E-state index contributed by atoms with van der Waals surface area (Å²) in [7, 11) is 0. The predicted octanol–water partition coefficient (Wildman–Crippen LogP) is 5.43. The molecule has 0 aromatic heterocycles. The van der Waals surface area contributed by atoms with E-state index in [4.69, 9.17) is 0 Å². The second kappa shape index (κ2) is 6.30. The quantitative estimate of drug-likeness (QED) is 0.579. The summed E-state index contributed by atoms with van der Waals surface area (Å²) in [5.41, 5.74) is 9.54. The molecule has 5 rings (SSSR count). The van der Waals surface area contributed by atoms with Crippen molar-refractivity contribution in [3.63, 3.8) is 0 Å². The number of nitrogens with zero attached hydrogens (tertiary/aromatic N) is 2. The van der Waals surface area contributed by atoms with Crippen LogP contribution in [0.5, 0.6) is 0 Å². The van der Waals surface area contributed by atoms with Gasteiger partial charge in [-0.25, -0.2) is 0 Å². The van der Waals surface area contributed by atoms with Gasteiger partial charge in [-0.3, -0.25) is 0 Å². The third-order valence-corrected chi connectivity index (χ3v) is 5.39. The first kappa shape index (κ1) is 15.7. The second-order valence-corrected chi connectivity index (χ2v) is 6.86. The molecule has 3 aromatic rings. The standard InChI is InChI=1S/C25H18N2/c26-16-14-22-24(19-10-5-2-6-11-19)23(18-8-3-1-4-9-18)21-13-7-12-20-15-17-27(22)25(20)21/h1-14H,15,17H2/b22-14-. The molecule has 0 spiro atoms. The van der Waals surface area contributed by atoms with Crippen molar-refractivity contribution in [2.24, 2.45) is 0 Å². The van der Waals surface area contributed by atoms with E-state index >= 15 is 0 Å². The summed E-state index contributed by atoms with van der Waals surface area (Å²) < 4.78 is 0. The van der Waals surface area contributed by atoms with Crippen LogP contribution in [0.4, 0.5) is 5.69 Å². The monoisotopic (exact) mass is 346 g/mol. The Morgan fingerprint density at radius 1 is 0.778 bits per heavy atom. The number of benzene rings is 3. The van der Waals surface area contributed by atoms with Gasteiger partial charge in [0.2, 0.25) is 0 Å². The third kappa shape index (κ3) is 2.40. The van der Waals surface area contributed by atoms with Crippen LogP contribution >= 0.6 is 0 Å². The average Bonchev–Trinajstić information content (AvgIpc) is 3.16. The molecular formula is C25H18N2. The number of anilines is 1. The molecule has 27 heavy (non-hydrogen) atoms. The fourth-order valence-electron chi connectivity index (χ4n) is 4.31. The summed E-state index contributed by atoms with van der Waals surface area (Å²) >= 11 is 0. The number of rotatable bonds is 2. The van der Waals surface area contributed by atoms with Gasteiger partial charge in [0.25, 0.3) is 0 Å². The molecule has 0 bridgehead atoms. The van der Waals surface area contributed by atoms with Crippen LogP contribution in [-0.4, -0.2) is 6.54 Å². The Hall–Kier alpha value is -3.57. The molecule has 0 aliphatic carbocycles. The van der Waals surface area contributed by atoms with Crippen LogP contribution in [0, 0.1) is 11.3 Å². The maximum absolute atomic E-state index is 9.54. The van der Waals surface area contributed by atoms with Gasteiger partial charge >= 0.3 is 0 Å². The summed E-state index contributed by atoms with van der Waals surface area (Å²) in [5, 5.41) is 9.54. The molecule has 2 heteroatoms. The lowest BCUT2D eigenvalue weighted by molar-refractivity contribution is 0.964. The molecule has 0 fully saturated rings. The van der Waals surface area contributed by atoms with E-state index in [9.17, 15) is 5.26 Å². The molecule has 0 saturated carbocycles. The molecule has 2 aliphatic heterocycles. The number of para-hydroxylation sites is 1. The van der Waals surface area contributed by atoms with E-state index in [2.05, 4.69) is 77.7 Å². The highest BCUT2D eigenvalue weighted by Crippen LogP contribution is 2.50. The third-order valence-electron chi connectivity index (χ3n) is 5.39. The van der Waals surface area contributed by atoms with E-state index in [-0.39, 0.29) is 0 Å². The first-order valence-corrected chi connectivity index (χ1v) is 9.23. The van der Waals surface area contributed by atoms with Gasteiger partial charge < -0.3 is 4.90 Å². The molecule has 2 aliphatic rings. The van der Waals surface area contributed by atoms with E-state index in [1.54, 1.807) is 6.08 Å². The Balaban J connectivity index is 1.93. The first-order chi connectivity index (χ1) is 13.4. The Morgan fingerprint density at radius 3 is 2.11 bits per heavy atom. The highest BCUT2D eigenvalue weighted by atomic mass is 15.2. The Bertz CT molecular complexity index is 1120. The minimum Gasteiger partial charge on any atom is -0.339 e. The molecule has 0 atom stereocenters. The van der Waals surface area contributed by atoms with Crippen LogP contribution in [0.2, 0.25) is 0 Å². The molecule has 0 amide bonds. The van der Waals surface area contributed by atoms with E-state index in [0.717, 1.165) is 29.8 Å². The van der Waals surface area contributed by atoms with Crippen LogP contribution < -0.4 is 4.90 Å². The normalized spacial score (nSPS) is 16.4. The van der Waals surface area contributed by atoms with Crippen molar-refractivity contribution in [3.8, 4) is 6.07 Å². The largest absolute Gasteiger partial charge is 0.339 e. The van der Waals surface area contributed by atoms with Gasteiger partial charge in [-0.1, -0.05) is 78.9 Å². The molecule has 2 nitrogen and oxygen atoms in total. The Labute approximate surface area is 159 Å². The number of allylic oxidation sites excluding steroid dienone is 2. The van der Waals surface area contributed by atoms with Gasteiger partial charge in [0.15, 0.2) is 0 Å². The summed E-state index contributed by atoms with van der Waals surface area (Å²) in [5.74, 6) is 0. The van der Waals surface area contributed by atoms with E-state index < -0.39 is 0 Å². The van der Waals surface area contributed by atoms with Crippen LogP contribution in [0.3, 0.4) is 0 Å². The highest BCUT2D eigenvalue weighted by Gasteiger charge is 2.34. The molecule has 0 saturated heterocycles. The van der Waals surface area contributed by atoms with Crippen molar-refractivity contribution in [3.05, 3.63) is 113 Å². The molecule has 2 heterocycles. The van der Waals surface area contributed by atoms with Crippen LogP contribution in [-0.2, 0) is 6.42 Å². The Kier molecular flexibility index (Phi) is 3.66. The van der Waals surface area contributed by atoms with E-state index in [1.165, 1.54) is 28.0 Å². The molecule has 0 unspecified atom stereocenters. The van der Waals surface area contributed by atoms with Crippen LogP contribution in [0.15, 0.2) is 90.6 Å². The zero-order valence-electron chi connectivity index (χ0n) is 14.9. The lowest BCUT2D eigenvalue weighted by Crippen LogP contribution is -2.25. The van der Waals surface area contributed by atoms with Gasteiger partial charge in [-0.05, 0) is 23.1 Å². The van der Waals surface area contributed by atoms with Gasteiger partial charge in [-0.15, -0.1) is 0 Å². The van der Waals surface area contributed by atoms with Gasteiger partial charge in [0.1, 0.15) is 0 Å². The van der Waals surface area contributed by atoms with Crippen molar-refractivity contribution < 1.29 is 0 Å². The zero-order valence-corrected chi connectivity index (χ0v) is 14.9. The average molecular weight is 346 g/mol. The highest BCUT2D eigenvalue weighted by molar-refractivity contribution is 6.11. The predicted molar refractivity (Wildman–Crippen MR) is 110 cm³/mol. The fourth-order valence-corrected chi connectivity index (χ4v) is 4.31. The maximum atomic E-state index is 9.54. The topological polar surface area (TPSA) is 27.0 Å². The summed E-state index contributed by atoms with van der Waals surface area (Å²) in [6, 6.07) is 29.8. The summed E-state index contributed by atoms with van der Waals surface area (Å²) in [6.45, 7) is 0.915. The minimum atomic E-state index is 0.915. The lowest BCUT2D eigenvalue weighted by atomic mass is 9.83. The molecular weight excluding hydrogens is 328 g/mol. The summed E-state index contributed by atoms with van der Waals surface area (Å²) in [4.78, 5) is 2.32. The van der Waals surface area contributed by atoms with E-state index in [0.29, 0.717) is 0 Å². The van der Waals surface area contributed by atoms with Gasteiger partial charge in [0.05, 0.1) is 17.5 Å². The minimum absolute atomic E-state index is 0.915. The first-order valence-electron chi connectivity index (χ1n) is 9.23. The maximum Gasteiger partial charge on any atom is 0.0934 e. The molecule has 3 aromatic carbocycles. The SMILES string of the molecule is N#C/C=C1/C(c2ccccc2)=C(c2ccccc2)c2cccc3c2N1CC3. The summed E-state index contributed by atoms with van der Waals surface area (Å²) in [6.07, 6.45) is 2.71. The lowest BCUT2D eigenvalue weighted by Gasteiger charge is -2.34. The molecule has 128 valence electrons. The van der Waals surface area contributed by atoms with Gasteiger partial charge in [-0.2, -0.15) is 5.26 Å². The van der Waals surface area contributed by atoms with Crippen molar-refractivity contribution >= 4 is 16.8 Å². The van der Waals surface area contributed by atoms with Crippen molar-refractivity contribution in [2.45, 2.75) is 6.42 Å². The zero-order chi connectivity index (χ0) is 18.2. The fraction of sp³-hybridized carbons (Fsp3) is 0.0800. The second-order valence-electron chi connectivity index (χ2n) is 6.86. The van der Waals surface area contributed by atoms with Crippen LogP contribution in [0.1, 0.15) is 22.3 Å². The molecule has 0 radical (unpaired) electrons. The van der Waals surface area contributed by atoms with Crippen molar-refractivity contribution in [1.29, 1.82) is 5.26 Å². The number of hydrogen-bond donors (Lipinski definition) is 0. The number of nitriles is 1. The van der Waals surface area contributed by atoms with Gasteiger partial charge in [0, 0.05) is 29.3 Å².